The van der Waals surface area contributed by atoms with Gasteiger partial charge in [0.05, 0.1) is 0 Å². The average molecular weight is 391 g/mol. The van der Waals surface area contributed by atoms with Crippen molar-refractivity contribution in [1.29, 1.82) is 0 Å². The molecule has 0 fully saturated rings. The van der Waals surface area contributed by atoms with Crippen LogP contribution in [0.3, 0.4) is 0 Å². The van der Waals surface area contributed by atoms with Gasteiger partial charge in [-0.15, -0.1) is 0 Å². The van der Waals surface area contributed by atoms with Crippen LogP contribution in [-0.2, 0) is 4.57 Å². The zero-order valence-electron chi connectivity index (χ0n) is 17.1. The van der Waals surface area contributed by atoms with Crippen LogP contribution in [0.15, 0.2) is 84.5 Å². The fraction of sp³-hybridized carbons (Fsp3) is 0.385. The molecule has 0 spiro atoms. The summed E-state index contributed by atoms with van der Waals surface area (Å²) in [5.74, 6) is 1.22. The lowest BCUT2D eigenvalue weighted by molar-refractivity contribution is 0.173. The van der Waals surface area contributed by atoms with E-state index in [-0.39, 0.29) is 0 Å². The van der Waals surface area contributed by atoms with Crippen LogP contribution in [0.1, 0.15) is 39.5 Å². The van der Waals surface area contributed by atoms with Gasteiger partial charge in [-0.1, -0.05) is 92.7 Å². The highest BCUT2D eigenvalue weighted by Crippen LogP contribution is 2.54. The van der Waals surface area contributed by atoms with Crippen molar-refractivity contribution in [2.75, 3.05) is 6.16 Å². The molecule has 0 amide bonds. The Balaban J connectivity index is 1.56. The van der Waals surface area contributed by atoms with Gasteiger partial charge in [0.25, 0.3) is 0 Å². The van der Waals surface area contributed by atoms with Gasteiger partial charge in [-0.3, -0.25) is 0 Å². The maximum Gasteiger partial charge on any atom is 0.143 e. The molecular weight excluding hydrogens is 359 g/mol. The number of hydrogen-bond donors (Lipinski definition) is 0. The zero-order chi connectivity index (χ0) is 19.6. The molecule has 3 atom stereocenters. The largest absolute Gasteiger partial charge is 0.314 e. The molecule has 0 bridgehead atoms. The second kappa shape index (κ2) is 7.88. The molecule has 0 saturated carbocycles. The summed E-state index contributed by atoms with van der Waals surface area (Å²) in [6.07, 6.45) is 12.5. The van der Waals surface area contributed by atoms with Crippen LogP contribution in [0.2, 0.25) is 0 Å². The van der Waals surface area contributed by atoms with Crippen LogP contribution in [-0.4, -0.2) is 6.16 Å². The van der Waals surface area contributed by atoms with E-state index in [1.165, 1.54) is 18.4 Å². The molecule has 0 N–H and O–H groups in total. The molecule has 0 saturated heterocycles. The Kier molecular flexibility index (Phi) is 5.48. The van der Waals surface area contributed by atoms with Crippen LogP contribution in [0.25, 0.3) is 0 Å². The first kappa shape index (κ1) is 19.5. The van der Waals surface area contributed by atoms with Crippen LogP contribution in [0.4, 0.5) is 0 Å². The fourth-order valence-electron chi connectivity index (χ4n) is 5.33. The Labute approximate surface area is 169 Å². The van der Waals surface area contributed by atoms with Gasteiger partial charge < -0.3 is 4.57 Å². The van der Waals surface area contributed by atoms with Gasteiger partial charge in [-0.2, -0.15) is 0 Å². The summed E-state index contributed by atoms with van der Waals surface area (Å²) in [5.41, 5.74) is 1.84. The van der Waals surface area contributed by atoms with E-state index in [0.717, 1.165) is 29.6 Å². The van der Waals surface area contributed by atoms with Crippen molar-refractivity contribution in [1.82, 2.24) is 0 Å². The molecule has 2 aliphatic carbocycles. The van der Waals surface area contributed by atoms with Crippen molar-refractivity contribution in [2.45, 2.75) is 39.5 Å². The molecule has 1 nitrogen and oxygen atoms in total. The monoisotopic (exact) mass is 390 g/mol. The first-order valence-electron chi connectivity index (χ1n) is 10.6. The van der Waals surface area contributed by atoms with Crippen molar-refractivity contribution < 1.29 is 4.57 Å². The van der Waals surface area contributed by atoms with Crippen LogP contribution in [0.5, 0.6) is 0 Å². The summed E-state index contributed by atoms with van der Waals surface area (Å²) < 4.78 is 14.3. The SMILES string of the molecule is C[C@H](CCP(=O)(c1ccccc1)c1ccccc1)[C@H]1CC=C2C=CCC[C@@]21C. The number of rotatable bonds is 6. The highest BCUT2D eigenvalue weighted by atomic mass is 31.2. The molecule has 2 aliphatic rings. The van der Waals surface area contributed by atoms with E-state index in [2.05, 4.69) is 32.1 Å². The quantitative estimate of drug-likeness (QED) is 0.527. The predicted octanol–water partition coefficient (Wildman–Crippen LogP) is 6.33. The summed E-state index contributed by atoms with van der Waals surface area (Å²) in [5, 5.41) is 1.98. The van der Waals surface area contributed by atoms with E-state index in [1.54, 1.807) is 0 Å². The summed E-state index contributed by atoms with van der Waals surface area (Å²) in [6.45, 7) is 4.83. The molecule has 4 rings (SSSR count). The molecule has 146 valence electrons. The van der Waals surface area contributed by atoms with Crippen molar-refractivity contribution in [2.24, 2.45) is 17.3 Å². The van der Waals surface area contributed by atoms with Gasteiger partial charge in [0, 0.05) is 16.8 Å². The molecule has 2 aromatic carbocycles. The molecule has 2 heteroatoms. The minimum absolute atomic E-state index is 0.303. The molecule has 0 heterocycles. The Morgan fingerprint density at radius 3 is 2.25 bits per heavy atom. The highest BCUT2D eigenvalue weighted by Gasteiger charge is 2.43. The Bertz CT molecular complexity index is 868. The lowest BCUT2D eigenvalue weighted by atomic mass is 9.65. The second-order valence-electron chi connectivity index (χ2n) is 8.76. The third-order valence-corrected chi connectivity index (χ3v) is 10.3. The number of allylic oxidation sites excluding steroid dienone is 4. The standard InChI is InChI=1S/C26H31OP/c1-21(25-17-16-22-11-9-10-19-26(22,25)2)18-20-28(27,23-12-5-3-6-13-23)24-14-7-4-8-15-24/h3-9,11-16,21,25H,10,17-20H2,1-2H3/t21-,25-,26+/m1/s1. The maximum atomic E-state index is 14.3. The Morgan fingerprint density at radius 2 is 1.64 bits per heavy atom. The van der Waals surface area contributed by atoms with Gasteiger partial charge in [-0.05, 0) is 48.5 Å². The van der Waals surface area contributed by atoms with Crippen LogP contribution < -0.4 is 10.6 Å². The lowest BCUT2D eigenvalue weighted by Gasteiger charge is -2.39. The minimum Gasteiger partial charge on any atom is -0.314 e. The predicted molar refractivity (Wildman–Crippen MR) is 121 cm³/mol. The number of fused-ring (bicyclic) bond motifs is 1. The molecule has 28 heavy (non-hydrogen) atoms. The molecule has 0 radical (unpaired) electrons. The van der Waals surface area contributed by atoms with E-state index >= 15 is 0 Å². The summed E-state index contributed by atoms with van der Waals surface area (Å²) in [7, 11) is -2.61. The van der Waals surface area contributed by atoms with E-state index < -0.39 is 7.14 Å². The van der Waals surface area contributed by atoms with Crippen molar-refractivity contribution in [3.05, 3.63) is 84.5 Å². The topological polar surface area (TPSA) is 17.1 Å². The normalized spacial score (nSPS) is 25.2. The molecule has 0 unspecified atom stereocenters. The summed E-state index contributed by atoms with van der Waals surface area (Å²) >= 11 is 0. The Morgan fingerprint density at radius 1 is 1.04 bits per heavy atom. The maximum absolute atomic E-state index is 14.3. The minimum atomic E-state index is -2.61. The van der Waals surface area contributed by atoms with Gasteiger partial charge in [0.15, 0.2) is 0 Å². The average Bonchev–Trinajstić information content (AvgIpc) is 3.10. The van der Waals surface area contributed by atoms with Gasteiger partial charge in [0.1, 0.15) is 7.14 Å². The van der Waals surface area contributed by atoms with Crippen LogP contribution >= 0.6 is 7.14 Å². The van der Waals surface area contributed by atoms with Crippen molar-refractivity contribution in [3.8, 4) is 0 Å². The molecule has 0 aromatic heterocycles. The van der Waals surface area contributed by atoms with E-state index in [4.69, 9.17) is 0 Å². The first-order valence-corrected chi connectivity index (χ1v) is 12.5. The van der Waals surface area contributed by atoms with Gasteiger partial charge in [0.2, 0.25) is 0 Å². The summed E-state index contributed by atoms with van der Waals surface area (Å²) in [4.78, 5) is 0. The van der Waals surface area contributed by atoms with E-state index in [9.17, 15) is 4.57 Å². The van der Waals surface area contributed by atoms with E-state index in [1.807, 2.05) is 60.7 Å². The summed E-state index contributed by atoms with van der Waals surface area (Å²) in [6, 6.07) is 20.2. The van der Waals surface area contributed by atoms with Crippen molar-refractivity contribution in [3.63, 3.8) is 0 Å². The van der Waals surface area contributed by atoms with Gasteiger partial charge >= 0.3 is 0 Å². The third kappa shape index (κ3) is 3.46. The number of benzene rings is 2. The zero-order valence-corrected chi connectivity index (χ0v) is 17.9. The molecule has 0 aliphatic heterocycles. The van der Waals surface area contributed by atoms with E-state index in [0.29, 0.717) is 17.3 Å². The number of hydrogen-bond acceptors (Lipinski definition) is 1. The van der Waals surface area contributed by atoms with Crippen molar-refractivity contribution >= 4 is 17.8 Å². The third-order valence-electron chi connectivity index (χ3n) is 7.13. The van der Waals surface area contributed by atoms with Gasteiger partial charge in [-0.25, -0.2) is 0 Å². The second-order valence-corrected chi connectivity index (χ2v) is 11.7. The smallest absolute Gasteiger partial charge is 0.143 e. The molecular formula is C26H31OP. The fourth-order valence-corrected chi connectivity index (χ4v) is 8.23. The van der Waals surface area contributed by atoms with Crippen LogP contribution in [0, 0.1) is 17.3 Å². The first-order chi connectivity index (χ1) is 13.5. The lowest BCUT2D eigenvalue weighted by Crippen LogP contribution is -2.31. The highest BCUT2D eigenvalue weighted by molar-refractivity contribution is 7.78. The Hall–Kier alpha value is -1.85. The molecule has 2 aromatic rings.